The second-order valence-electron chi connectivity index (χ2n) is 21.2. The van der Waals surface area contributed by atoms with E-state index in [1.165, 1.54) is 64.1 Å². The number of carbonyl (C=O) groups excluding carboxylic acids is 9. The van der Waals surface area contributed by atoms with Crippen molar-refractivity contribution in [2.45, 2.75) is 134 Å². The minimum Gasteiger partial charge on any atom is -0.461 e. The van der Waals surface area contributed by atoms with Crippen molar-refractivity contribution < 1.29 is 90.9 Å². The number of carbonyl (C=O) groups is 9. The molecule has 3 saturated carbocycles. The predicted molar refractivity (Wildman–Crippen MR) is 266 cm³/mol. The van der Waals surface area contributed by atoms with E-state index in [9.17, 15) is 33.9 Å². The quantitative estimate of drug-likeness (QED) is 0.0508. The standard InChI is InChI=1S/C55H68N2O19/c1-11-26-68-38(59)24-19-25-56-48(64)72-36-28-37-54(30-70-37,75-32(4)58)43-45(74-46(62)34-22-17-14-18-23-34)55(67)29-35(31(3)39(52(55,8)9)41(60)44(61)53(36,43)10)71-47(63)42(73-50(66)69-27-12-2)40(33-20-15-13-16-21-33)57-49(65)76-51(5,6)7/h11-18,20-23,31,35-37,39-40,42-43,45,67H,1-2,19,24-30H2,3-10H3,(H,56,64)(H,57,65)/t31?,35-,36?,37+,39?,40-,42+,43-,45-,53+,54-,55+/m0/s1. The van der Waals surface area contributed by atoms with Gasteiger partial charge >= 0.3 is 42.2 Å². The van der Waals surface area contributed by atoms with E-state index in [0.29, 0.717) is 0 Å². The molecule has 2 bridgehead atoms. The van der Waals surface area contributed by atoms with E-state index in [2.05, 4.69) is 23.8 Å². The summed E-state index contributed by atoms with van der Waals surface area (Å²) in [4.78, 5) is 127. The highest BCUT2D eigenvalue weighted by Crippen LogP contribution is 2.65. The number of ketones is 2. The summed E-state index contributed by atoms with van der Waals surface area (Å²) in [6.45, 7) is 17.9. The lowest BCUT2D eigenvalue weighted by Gasteiger charge is -2.68. The molecule has 1 aliphatic heterocycles. The first-order valence-corrected chi connectivity index (χ1v) is 25.0. The van der Waals surface area contributed by atoms with E-state index in [1.807, 2.05) is 0 Å². The summed E-state index contributed by atoms with van der Waals surface area (Å²) in [6.07, 6.45) is -10.1. The van der Waals surface area contributed by atoms with Gasteiger partial charge in [-0.05, 0) is 51.8 Å². The molecule has 2 amide bonds. The van der Waals surface area contributed by atoms with Crippen LogP contribution in [-0.2, 0) is 66.6 Å². The van der Waals surface area contributed by atoms with Gasteiger partial charge in [0.15, 0.2) is 5.60 Å². The van der Waals surface area contributed by atoms with E-state index in [0.717, 1.165) is 6.92 Å². The SMILES string of the molecule is C=CCOC(=O)CCCNC(=O)OC1C[C@H]2OC[C@@]2(OC(C)=O)[C@H]2[C@H](OC(=O)c3ccccc3)[C@]3(O)C[C@H](OC(=O)[C@H](OC(=O)OCC=C)[C@@H](NC(=O)OC(C)(C)C)c4ccccc4)C(C)C(C(=O)C(=O)[C@]12C)C3(C)C. The summed E-state index contributed by atoms with van der Waals surface area (Å²) < 4.78 is 52.2. The van der Waals surface area contributed by atoms with Crippen molar-refractivity contribution in [1.82, 2.24) is 10.6 Å². The molecule has 4 fully saturated rings. The maximum absolute atomic E-state index is 15.7. The second kappa shape index (κ2) is 23.4. The van der Waals surface area contributed by atoms with Crippen molar-refractivity contribution in [3.8, 4) is 0 Å². The number of benzene rings is 2. The maximum Gasteiger partial charge on any atom is 0.509 e. The van der Waals surface area contributed by atoms with Crippen molar-refractivity contribution in [3.05, 3.63) is 97.1 Å². The van der Waals surface area contributed by atoms with Gasteiger partial charge in [-0.25, -0.2) is 24.0 Å². The zero-order valence-electron chi connectivity index (χ0n) is 44.0. The van der Waals surface area contributed by atoms with E-state index in [1.54, 1.807) is 57.2 Å². The number of hydrogen-bond donors (Lipinski definition) is 3. The Balaban J connectivity index is 1.49. The molecule has 3 aliphatic carbocycles. The average molecular weight is 1060 g/mol. The molecule has 12 atom stereocenters. The number of esters is 4. The normalized spacial score (nSPS) is 28.9. The van der Waals surface area contributed by atoms with Crippen molar-refractivity contribution in [2.75, 3.05) is 26.4 Å². The fourth-order valence-electron chi connectivity index (χ4n) is 11.2. The predicted octanol–water partition coefficient (Wildman–Crippen LogP) is 5.99. The Kier molecular flexibility index (Phi) is 17.9. The van der Waals surface area contributed by atoms with Gasteiger partial charge in [0.05, 0.1) is 23.5 Å². The highest BCUT2D eigenvalue weighted by molar-refractivity contribution is 6.40. The van der Waals surface area contributed by atoms with Crippen LogP contribution < -0.4 is 10.6 Å². The van der Waals surface area contributed by atoms with Gasteiger partial charge in [0.25, 0.3) is 0 Å². The molecular weight excluding hydrogens is 993 g/mol. The Morgan fingerprint density at radius 3 is 2.11 bits per heavy atom. The van der Waals surface area contributed by atoms with Crippen molar-refractivity contribution in [3.63, 3.8) is 0 Å². The fraction of sp³-hybridized carbons (Fsp3) is 0.545. The molecule has 3 unspecified atom stereocenters. The lowest BCUT2D eigenvalue weighted by atomic mass is 9.42. The van der Waals surface area contributed by atoms with Gasteiger partial charge in [-0.2, -0.15) is 0 Å². The third-order valence-corrected chi connectivity index (χ3v) is 14.8. The highest BCUT2D eigenvalue weighted by Gasteiger charge is 2.80. The molecule has 0 radical (unpaired) electrons. The number of rotatable bonds is 18. The molecule has 2 aromatic rings. The average Bonchev–Trinajstić information content (AvgIpc) is 3.39. The molecule has 6 rings (SSSR count). The van der Waals surface area contributed by atoms with Gasteiger partial charge in [-0.1, -0.05) is 94.6 Å². The number of alkyl carbamates (subject to hydrolysis) is 2. The first kappa shape index (κ1) is 58.1. The number of Topliss-reactive ketones (excluding diaryl/α,β-unsaturated/α-hetero) is 2. The number of amides is 2. The van der Waals surface area contributed by atoms with Gasteiger partial charge in [-0.15, -0.1) is 0 Å². The molecule has 0 aromatic heterocycles. The monoisotopic (exact) mass is 1060 g/mol. The van der Waals surface area contributed by atoms with Crippen LogP contribution in [0.15, 0.2) is 86.0 Å². The zero-order chi connectivity index (χ0) is 56.0. The van der Waals surface area contributed by atoms with Crippen LogP contribution in [0, 0.1) is 28.6 Å². The lowest BCUT2D eigenvalue weighted by molar-refractivity contribution is -0.349. The summed E-state index contributed by atoms with van der Waals surface area (Å²) >= 11 is 0. The Labute approximate surface area is 440 Å². The maximum atomic E-state index is 15.7. The summed E-state index contributed by atoms with van der Waals surface area (Å²) in [5.41, 5.74) is -9.34. The molecule has 21 nitrogen and oxygen atoms in total. The van der Waals surface area contributed by atoms with E-state index in [-0.39, 0.29) is 50.1 Å². The molecule has 4 aliphatic rings. The molecule has 21 heteroatoms. The van der Waals surface area contributed by atoms with Crippen LogP contribution in [0.25, 0.3) is 0 Å². The second-order valence-corrected chi connectivity index (χ2v) is 21.2. The first-order valence-electron chi connectivity index (χ1n) is 25.0. The van der Waals surface area contributed by atoms with Crippen molar-refractivity contribution >= 4 is 53.8 Å². The molecule has 0 spiro atoms. The molecule has 412 valence electrons. The molecule has 1 saturated heterocycles. The Hall–Kier alpha value is -7.13. The van der Waals surface area contributed by atoms with E-state index >= 15 is 14.4 Å². The zero-order valence-corrected chi connectivity index (χ0v) is 44.0. The minimum absolute atomic E-state index is 0.00560. The molecule has 1 heterocycles. The van der Waals surface area contributed by atoms with Gasteiger partial charge in [0.1, 0.15) is 54.9 Å². The molecule has 2 aromatic carbocycles. The van der Waals surface area contributed by atoms with Gasteiger partial charge < -0.3 is 58.4 Å². The number of hydrogen-bond acceptors (Lipinski definition) is 19. The summed E-state index contributed by atoms with van der Waals surface area (Å²) in [5.74, 6) is -10.5. The number of ether oxygens (including phenoxy) is 9. The molecule has 3 N–H and O–H groups in total. The van der Waals surface area contributed by atoms with Crippen LogP contribution >= 0.6 is 0 Å². The summed E-state index contributed by atoms with van der Waals surface area (Å²) in [5, 5.41) is 19.1. The van der Waals surface area contributed by atoms with E-state index in [4.69, 9.17) is 42.6 Å². The van der Waals surface area contributed by atoms with Crippen LogP contribution in [-0.4, -0.2) is 133 Å². The van der Waals surface area contributed by atoms with Crippen LogP contribution in [0.3, 0.4) is 0 Å². The molecular formula is C55H68N2O19. The summed E-state index contributed by atoms with van der Waals surface area (Å²) in [6, 6.07) is 14.0. The van der Waals surface area contributed by atoms with Crippen LogP contribution in [0.5, 0.6) is 0 Å². The van der Waals surface area contributed by atoms with Crippen molar-refractivity contribution in [2.24, 2.45) is 28.6 Å². The third-order valence-electron chi connectivity index (χ3n) is 14.8. The van der Waals surface area contributed by atoms with Gasteiger partial charge in [0.2, 0.25) is 17.7 Å². The first-order chi connectivity index (χ1) is 35.7. The lowest BCUT2D eigenvalue weighted by Crippen LogP contribution is -2.83. The minimum atomic E-state index is -2.55. The fourth-order valence-corrected chi connectivity index (χ4v) is 11.2. The van der Waals surface area contributed by atoms with Crippen LogP contribution in [0.2, 0.25) is 0 Å². The number of aliphatic hydroxyl groups is 1. The summed E-state index contributed by atoms with van der Waals surface area (Å²) in [7, 11) is 0. The Morgan fingerprint density at radius 2 is 1.51 bits per heavy atom. The van der Waals surface area contributed by atoms with Gasteiger partial charge in [-0.3, -0.25) is 19.2 Å². The number of nitrogens with one attached hydrogen (secondary N) is 2. The van der Waals surface area contributed by atoms with Gasteiger partial charge in [0, 0.05) is 50.0 Å². The van der Waals surface area contributed by atoms with Crippen LogP contribution in [0.4, 0.5) is 14.4 Å². The highest BCUT2D eigenvalue weighted by atomic mass is 16.7. The largest absolute Gasteiger partial charge is 0.509 e. The molecule has 76 heavy (non-hydrogen) atoms. The smallest absolute Gasteiger partial charge is 0.461 e. The Bertz CT molecular complexity index is 2540. The van der Waals surface area contributed by atoms with E-state index < -0.39 is 149 Å². The topological polar surface area (TPSA) is 281 Å². The van der Waals surface area contributed by atoms with Crippen LogP contribution in [0.1, 0.15) is 103 Å². The van der Waals surface area contributed by atoms with Crippen molar-refractivity contribution in [1.29, 1.82) is 0 Å². The Morgan fingerprint density at radius 1 is 0.882 bits per heavy atom. The third kappa shape index (κ3) is 11.9. The number of fused-ring (bicyclic) bond motifs is 5.